The van der Waals surface area contributed by atoms with E-state index in [1.807, 2.05) is 50.5 Å². The quantitative estimate of drug-likeness (QED) is 0.481. The number of amides is 3. The van der Waals surface area contributed by atoms with Crippen LogP contribution in [0.3, 0.4) is 0 Å². The summed E-state index contributed by atoms with van der Waals surface area (Å²) in [6.07, 6.45) is 1.31. The van der Waals surface area contributed by atoms with Crippen molar-refractivity contribution < 1.29 is 14.4 Å². The summed E-state index contributed by atoms with van der Waals surface area (Å²) in [5, 5.41) is 12.5. The van der Waals surface area contributed by atoms with Gasteiger partial charge < -0.3 is 15.1 Å². The third-order valence-corrected chi connectivity index (χ3v) is 8.58. The van der Waals surface area contributed by atoms with E-state index in [0.717, 1.165) is 28.1 Å². The molecule has 2 aliphatic heterocycles. The number of likely N-dealkylation sites (tertiary alicyclic amines) is 1. The number of aromatic nitrogens is 1. The van der Waals surface area contributed by atoms with Crippen molar-refractivity contribution in [1.29, 1.82) is 5.26 Å². The van der Waals surface area contributed by atoms with Crippen molar-refractivity contribution in [2.75, 3.05) is 6.54 Å². The molecule has 0 radical (unpaired) electrons. The minimum Gasteiger partial charge on any atom is -0.350 e. The van der Waals surface area contributed by atoms with E-state index in [4.69, 9.17) is 0 Å². The number of carbonyl (C=O) groups excluding carboxylic acids is 3. The van der Waals surface area contributed by atoms with Gasteiger partial charge >= 0.3 is 0 Å². The molecule has 1 saturated heterocycles. The zero-order chi connectivity index (χ0) is 27.7. The molecular weight excluding hydrogens is 510 g/mol. The summed E-state index contributed by atoms with van der Waals surface area (Å²) in [6, 6.07) is 14.0. The number of nitriles is 1. The lowest BCUT2D eigenvalue weighted by Gasteiger charge is -2.35. The predicted octanol–water partition coefficient (Wildman–Crippen LogP) is 4.28. The molecule has 200 valence electrons. The Morgan fingerprint density at radius 1 is 1.21 bits per heavy atom. The molecule has 8 nitrogen and oxygen atoms in total. The Labute approximate surface area is 232 Å². The van der Waals surface area contributed by atoms with Crippen molar-refractivity contribution in [3.63, 3.8) is 0 Å². The summed E-state index contributed by atoms with van der Waals surface area (Å²) < 4.78 is 0. The minimum absolute atomic E-state index is 0.161. The van der Waals surface area contributed by atoms with Crippen molar-refractivity contribution in [2.24, 2.45) is 5.92 Å². The molecule has 39 heavy (non-hydrogen) atoms. The van der Waals surface area contributed by atoms with Gasteiger partial charge in [-0.3, -0.25) is 14.4 Å². The number of carbonyl (C=O) groups is 3. The van der Waals surface area contributed by atoms with Crippen LogP contribution in [-0.2, 0) is 22.7 Å². The standard InChI is InChI=1S/C30H31N5O3S/c1-18(2)26(35-16-24-22(14-31)6-4-7-23(24)29(35)37)30(38)34-13-5-8-25(34)28(36)32-15-20-9-11-21(12-10-20)27-19(3)33-17-39-27/h4,6-7,9-12,17-18,25-26H,5,8,13,15-16H2,1-3H3,(H,32,36). The first kappa shape index (κ1) is 26.6. The van der Waals surface area contributed by atoms with Crippen LogP contribution in [0, 0.1) is 24.2 Å². The van der Waals surface area contributed by atoms with Gasteiger partial charge in [-0.2, -0.15) is 5.26 Å². The van der Waals surface area contributed by atoms with Crippen molar-refractivity contribution >= 4 is 29.1 Å². The molecule has 3 amide bonds. The van der Waals surface area contributed by atoms with Crippen molar-refractivity contribution in [1.82, 2.24) is 20.1 Å². The fourth-order valence-corrected chi connectivity index (χ4v) is 6.41. The molecule has 0 aliphatic carbocycles. The highest BCUT2D eigenvalue weighted by atomic mass is 32.1. The molecule has 3 heterocycles. The number of benzene rings is 2. The molecule has 1 fully saturated rings. The number of nitrogens with zero attached hydrogens (tertiary/aromatic N) is 4. The summed E-state index contributed by atoms with van der Waals surface area (Å²) in [5.41, 5.74) is 6.48. The number of fused-ring (bicyclic) bond motifs is 1. The third kappa shape index (κ3) is 5.04. The lowest BCUT2D eigenvalue weighted by atomic mass is 10.00. The van der Waals surface area contributed by atoms with Crippen LogP contribution in [0.4, 0.5) is 0 Å². The third-order valence-electron chi connectivity index (χ3n) is 7.60. The second-order valence-corrected chi connectivity index (χ2v) is 11.3. The molecule has 1 N–H and O–H groups in total. The van der Waals surface area contributed by atoms with E-state index < -0.39 is 12.1 Å². The number of nitrogens with one attached hydrogen (secondary N) is 1. The Hall–Kier alpha value is -4.03. The highest BCUT2D eigenvalue weighted by Gasteiger charge is 2.44. The molecule has 3 aromatic rings. The van der Waals surface area contributed by atoms with Gasteiger partial charge in [-0.05, 0) is 48.9 Å². The number of thiazole rings is 1. The van der Waals surface area contributed by atoms with Crippen LogP contribution in [0.2, 0.25) is 0 Å². The molecule has 2 aliphatic rings. The zero-order valence-electron chi connectivity index (χ0n) is 22.3. The van der Waals surface area contributed by atoms with E-state index >= 15 is 0 Å². The first-order chi connectivity index (χ1) is 18.8. The highest BCUT2D eigenvalue weighted by molar-refractivity contribution is 7.13. The molecule has 0 saturated carbocycles. The van der Waals surface area contributed by atoms with Crippen molar-refractivity contribution in [3.05, 3.63) is 75.9 Å². The van der Waals surface area contributed by atoms with Gasteiger partial charge in [0.2, 0.25) is 11.8 Å². The summed E-state index contributed by atoms with van der Waals surface area (Å²) in [5.74, 6) is -0.808. The largest absolute Gasteiger partial charge is 0.350 e. The van der Waals surface area contributed by atoms with Crippen LogP contribution in [0.25, 0.3) is 10.4 Å². The molecule has 2 unspecified atom stereocenters. The van der Waals surface area contributed by atoms with Gasteiger partial charge in [-0.25, -0.2) is 4.98 Å². The molecule has 2 aromatic carbocycles. The second kappa shape index (κ2) is 11.0. The molecular formula is C30H31N5O3S. The lowest BCUT2D eigenvalue weighted by Crippen LogP contribution is -2.55. The van der Waals surface area contributed by atoms with Crippen LogP contribution in [0.15, 0.2) is 48.0 Å². The summed E-state index contributed by atoms with van der Waals surface area (Å²) >= 11 is 1.60. The number of hydrogen-bond donors (Lipinski definition) is 1. The van der Waals surface area contributed by atoms with Crippen LogP contribution in [0.1, 0.15) is 59.4 Å². The van der Waals surface area contributed by atoms with E-state index in [1.165, 1.54) is 0 Å². The average Bonchev–Trinajstić information content (AvgIpc) is 3.67. The van der Waals surface area contributed by atoms with Crippen LogP contribution >= 0.6 is 11.3 Å². The number of rotatable bonds is 7. The van der Waals surface area contributed by atoms with Gasteiger partial charge in [0.05, 0.1) is 27.7 Å². The van der Waals surface area contributed by atoms with Crippen LogP contribution in [-0.4, -0.2) is 51.1 Å². The maximum atomic E-state index is 13.9. The predicted molar refractivity (Wildman–Crippen MR) is 149 cm³/mol. The van der Waals surface area contributed by atoms with Gasteiger partial charge in [0, 0.05) is 30.8 Å². The van der Waals surface area contributed by atoms with Gasteiger partial charge in [-0.15, -0.1) is 11.3 Å². The smallest absolute Gasteiger partial charge is 0.255 e. The summed E-state index contributed by atoms with van der Waals surface area (Å²) in [6.45, 7) is 6.86. The van der Waals surface area contributed by atoms with E-state index in [9.17, 15) is 19.6 Å². The fourth-order valence-electron chi connectivity index (χ4n) is 5.60. The maximum Gasteiger partial charge on any atom is 0.255 e. The van der Waals surface area contributed by atoms with Gasteiger partial charge in [0.15, 0.2) is 0 Å². The molecule has 1 aromatic heterocycles. The fraction of sp³-hybridized carbons (Fsp3) is 0.367. The molecule has 5 rings (SSSR count). The Morgan fingerprint density at radius 3 is 2.64 bits per heavy atom. The zero-order valence-corrected chi connectivity index (χ0v) is 23.1. The first-order valence-corrected chi connectivity index (χ1v) is 14.1. The molecule has 9 heteroatoms. The Morgan fingerprint density at radius 2 is 1.97 bits per heavy atom. The Balaban J connectivity index is 1.27. The molecule has 0 spiro atoms. The average molecular weight is 542 g/mol. The van der Waals surface area contributed by atoms with E-state index in [0.29, 0.717) is 36.2 Å². The minimum atomic E-state index is -0.715. The van der Waals surface area contributed by atoms with Gasteiger partial charge in [0.25, 0.3) is 5.91 Å². The van der Waals surface area contributed by atoms with Crippen molar-refractivity contribution in [2.45, 2.75) is 58.8 Å². The maximum absolute atomic E-state index is 13.9. The Kier molecular flexibility index (Phi) is 7.49. The first-order valence-electron chi connectivity index (χ1n) is 13.2. The normalized spacial score (nSPS) is 17.3. The monoisotopic (exact) mass is 541 g/mol. The second-order valence-electron chi connectivity index (χ2n) is 10.4. The lowest BCUT2D eigenvalue weighted by molar-refractivity contribution is -0.143. The van der Waals surface area contributed by atoms with E-state index in [-0.39, 0.29) is 30.2 Å². The van der Waals surface area contributed by atoms with E-state index in [1.54, 1.807) is 39.3 Å². The molecule has 2 atom stereocenters. The SMILES string of the molecule is Cc1ncsc1-c1ccc(CNC(=O)C2CCCN2C(=O)C(C(C)C)N2Cc3c(C#N)cccc3C2=O)cc1. The van der Waals surface area contributed by atoms with Gasteiger partial charge in [0.1, 0.15) is 12.1 Å². The topological polar surface area (TPSA) is 106 Å². The number of aryl methyl sites for hydroxylation is 1. The van der Waals surface area contributed by atoms with Crippen LogP contribution < -0.4 is 5.32 Å². The highest BCUT2D eigenvalue weighted by Crippen LogP contribution is 2.32. The van der Waals surface area contributed by atoms with E-state index in [2.05, 4.69) is 16.4 Å². The Bertz CT molecular complexity index is 1460. The molecule has 0 bridgehead atoms. The number of hydrogen-bond acceptors (Lipinski definition) is 6. The van der Waals surface area contributed by atoms with Crippen molar-refractivity contribution in [3.8, 4) is 16.5 Å². The van der Waals surface area contributed by atoms with Crippen LogP contribution in [0.5, 0.6) is 0 Å². The summed E-state index contributed by atoms with van der Waals surface area (Å²) in [4.78, 5) is 49.0. The van der Waals surface area contributed by atoms with Gasteiger partial charge in [-0.1, -0.05) is 44.2 Å². The summed E-state index contributed by atoms with van der Waals surface area (Å²) in [7, 11) is 0.